The predicted molar refractivity (Wildman–Crippen MR) is 119 cm³/mol. The number of nitrogens with zero attached hydrogens (tertiary/aromatic N) is 1. The molecule has 10 heteroatoms. The van der Waals surface area contributed by atoms with Crippen LogP contribution in [0.15, 0.2) is 52.5 Å². The predicted octanol–water partition coefficient (Wildman–Crippen LogP) is 2.97. The highest BCUT2D eigenvalue weighted by molar-refractivity contribution is 7.91. The number of sulfone groups is 1. The fourth-order valence-corrected chi connectivity index (χ4v) is 5.72. The fraction of sp³-hybridized carbons (Fsp3) is 0.333. The average Bonchev–Trinajstić information content (AvgIpc) is 3.06. The third-order valence-electron chi connectivity index (χ3n) is 5.29. The third-order valence-corrected chi connectivity index (χ3v) is 7.86. The minimum Gasteiger partial charge on any atom is -0.372 e. The van der Waals surface area contributed by atoms with Gasteiger partial charge in [0.2, 0.25) is 5.91 Å². The van der Waals surface area contributed by atoms with Crippen LogP contribution in [0.2, 0.25) is 10.0 Å². The number of carbonyl (C=O) groups is 1. The van der Waals surface area contributed by atoms with Crippen LogP contribution in [-0.4, -0.2) is 45.5 Å². The van der Waals surface area contributed by atoms with Gasteiger partial charge in [-0.3, -0.25) is 4.79 Å². The first-order valence-corrected chi connectivity index (χ1v) is 12.2. The largest absolute Gasteiger partial charge is 0.372 e. The molecule has 0 radical (unpaired) electrons. The van der Waals surface area contributed by atoms with Crippen molar-refractivity contribution >= 4 is 44.7 Å². The van der Waals surface area contributed by atoms with Crippen molar-refractivity contribution in [3.63, 3.8) is 0 Å². The minimum absolute atomic E-state index is 0.113. The van der Waals surface area contributed by atoms with Gasteiger partial charge in [-0.25, -0.2) is 13.8 Å². The molecule has 2 aliphatic rings. The molecule has 2 N–H and O–H groups in total. The molecule has 0 aromatic heterocycles. The van der Waals surface area contributed by atoms with E-state index in [9.17, 15) is 13.2 Å². The normalized spacial score (nSPS) is 22.0. The molecule has 31 heavy (non-hydrogen) atoms. The zero-order valence-corrected chi connectivity index (χ0v) is 18.8. The molecular formula is C21H21Cl2N3O4S. The van der Waals surface area contributed by atoms with Crippen molar-refractivity contribution in [1.82, 2.24) is 10.7 Å². The molecule has 2 atom stereocenters. The number of hydrogen-bond donors (Lipinski definition) is 2. The van der Waals surface area contributed by atoms with Crippen molar-refractivity contribution in [3.05, 3.63) is 63.6 Å². The maximum absolute atomic E-state index is 13.3. The smallest absolute Gasteiger partial charge is 0.246 e. The van der Waals surface area contributed by atoms with E-state index in [-0.39, 0.29) is 28.9 Å². The lowest BCUT2D eigenvalue weighted by atomic mass is 9.97. The summed E-state index contributed by atoms with van der Waals surface area (Å²) in [5.74, 6) is -0.659. The lowest BCUT2D eigenvalue weighted by Gasteiger charge is -2.25. The molecule has 0 aliphatic carbocycles. The molecule has 2 aliphatic heterocycles. The molecule has 4 rings (SSSR count). The summed E-state index contributed by atoms with van der Waals surface area (Å²) in [4.78, 5) is 11.6. The van der Waals surface area contributed by atoms with Crippen LogP contribution >= 0.6 is 23.2 Å². The average molecular weight is 482 g/mol. The van der Waals surface area contributed by atoms with Gasteiger partial charge in [0.05, 0.1) is 45.5 Å². The van der Waals surface area contributed by atoms with Gasteiger partial charge in [0.15, 0.2) is 9.84 Å². The summed E-state index contributed by atoms with van der Waals surface area (Å²) in [7, 11) is -3.64. The first kappa shape index (κ1) is 22.2. The Bertz CT molecular complexity index is 1140. The Hall–Kier alpha value is -1.97. The number of benzene rings is 2. The van der Waals surface area contributed by atoms with Crippen LogP contribution in [0.3, 0.4) is 0 Å². The zero-order valence-electron chi connectivity index (χ0n) is 16.5. The first-order chi connectivity index (χ1) is 14.8. The molecule has 2 aromatic carbocycles. The summed E-state index contributed by atoms with van der Waals surface area (Å²) >= 11 is 12.2. The van der Waals surface area contributed by atoms with Gasteiger partial charge in [-0.1, -0.05) is 41.4 Å². The number of carbonyl (C=O) groups excluding carboxylic acids is 1. The van der Waals surface area contributed by atoms with Crippen molar-refractivity contribution in [1.29, 1.82) is 0 Å². The van der Waals surface area contributed by atoms with Crippen molar-refractivity contribution in [2.45, 2.75) is 17.4 Å². The number of hydrogen-bond acceptors (Lipinski definition) is 6. The highest BCUT2D eigenvalue weighted by Crippen LogP contribution is 2.33. The molecule has 0 unspecified atom stereocenters. The van der Waals surface area contributed by atoms with Crippen LogP contribution < -0.4 is 10.7 Å². The van der Waals surface area contributed by atoms with E-state index in [1.54, 1.807) is 36.4 Å². The molecular weight excluding hydrogens is 461 g/mol. The quantitative estimate of drug-likeness (QED) is 0.683. The van der Waals surface area contributed by atoms with Crippen LogP contribution in [0.4, 0.5) is 0 Å². The van der Waals surface area contributed by atoms with Crippen LogP contribution in [0, 0.1) is 5.92 Å². The fourth-order valence-electron chi connectivity index (χ4n) is 3.77. The molecule has 0 saturated carbocycles. The highest BCUT2D eigenvalue weighted by Gasteiger charge is 2.32. The molecule has 2 aromatic rings. The summed E-state index contributed by atoms with van der Waals surface area (Å²) in [6.45, 7) is 1.57. The van der Waals surface area contributed by atoms with Gasteiger partial charge in [-0.2, -0.15) is 5.10 Å². The van der Waals surface area contributed by atoms with E-state index in [4.69, 9.17) is 27.9 Å². The Labute approximate surface area is 190 Å². The van der Waals surface area contributed by atoms with Crippen LogP contribution in [0.1, 0.15) is 23.7 Å². The van der Waals surface area contributed by atoms with Crippen LogP contribution in [0.5, 0.6) is 0 Å². The number of rotatable bonds is 5. The van der Waals surface area contributed by atoms with Gasteiger partial charge >= 0.3 is 0 Å². The summed E-state index contributed by atoms with van der Waals surface area (Å²) in [5.41, 5.74) is 4.31. The third kappa shape index (κ3) is 5.10. The summed E-state index contributed by atoms with van der Waals surface area (Å²) in [6, 6.07) is 11.7. The topological polar surface area (TPSA) is 96.9 Å². The van der Waals surface area contributed by atoms with Gasteiger partial charge in [-0.05, 0) is 35.4 Å². The minimum atomic E-state index is -3.64. The van der Waals surface area contributed by atoms with E-state index in [1.807, 2.05) is 6.07 Å². The van der Waals surface area contributed by atoms with Gasteiger partial charge in [0, 0.05) is 19.0 Å². The van der Waals surface area contributed by atoms with E-state index in [1.165, 1.54) is 0 Å². The van der Waals surface area contributed by atoms with E-state index in [2.05, 4.69) is 15.8 Å². The lowest BCUT2D eigenvalue weighted by molar-refractivity contribution is -0.119. The van der Waals surface area contributed by atoms with Crippen molar-refractivity contribution in [3.8, 4) is 0 Å². The maximum Gasteiger partial charge on any atom is 0.246 e. The number of amides is 1. The SMILES string of the molecule is O=C1CC(c2cccc(S(=O)(=O)C[C@@H]3CNCCO[C@H]3c3ccc(Cl)c(Cl)c3)c2)=NN1. The molecule has 0 spiro atoms. The second-order valence-electron chi connectivity index (χ2n) is 7.51. The molecule has 1 fully saturated rings. The van der Waals surface area contributed by atoms with Crippen LogP contribution in [-0.2, 0) is 19.4 Å². The van der Waals surface area contributed by atoms with E-state index >= 15 is 0 Å². The first-order valence-electron chi connectivity index (χ1n) is 9.79. The van der Waals surface area contributed by atoms with Crippen LogP contribution in [0.25, 0.3) is 0 Å². The number of halogens is 2. The van der Waals surface area contributed by atoms with E-state index in [0.717, 1.165) is 5.56 Å². The second kappa shape index (κ2) is 9.26. The Morgan fingerprint density at radius 1 is 1.13 bits per heavy atom. The molecule has 0 bridgehead atoms. The van der Waals surface area contributed by atoms with Gasteiger partial charge < -0.3 is 10.1 Å². The van der Waals surface area contributed by atoms with E-state index < -0.39 is 15.9 Å². The van der Waals surface area contributed by atoms with Gasteiger partial charge in [0.1, 0.15) is 0 Å². The Kier molecular flexibility index (Phi) is 6.64. The van der Waals surface area contributed by atoms with Gasteiger partial charge in [0.25, 0.3) is 0 Å². The number of nitrogens with one attached hydrogen (secondary N) is 2. The Morgan fingerprint density at radius 2 is 1.97 bits per heavy atom. The molecule has 7 nitrogen and oxygen atoms in total. The van der Waals surface area contributed by atoms with Crippen molar-refractivity contribution in [2.75, 3.05) is 25.4 Å². The standard InChI is InChI=1S/C21H21Cl2N3O4S/c22-17-5-4-14(9-18(17)23)21-15(11-24-6-7-30-21)12-31(28,29)16-3-1-2-13(8-16)19-10-20(27)26-25-19/h1-5,8-9,15,21,24H,6-7,10-12H2,(H,26,27)/t15-,21-/m0/s1. The lowest BCUT2D eigenvalue weighted by Crippen LogP contribution is -2.30. The molecule has 1 amide bonds. The zero-order chi connectivity index (χ0) is 22.0. The maximum atomic E-state index is 13.3. The summed E-state index contributed by atoms with van der Waals surface area (Å²) in [6.07, 6.45) is -0.313. The molecule has 1 saturated heterocycles. The van der Waals surface area contributed by atoms with E-state index in [0.29, 0.717) is 41.0 Å². The monoisotopic (exact) mass is 481 g/mol. The van der Waals surface area contributed by atoms with Gasteiger partial charge in [-0.15, -0.1) is 0 Å². The van der Waals surface area contributed by atoms with Crippen molar-refractivity contribution in [2.24, 2.45) is 11.0 Å². The Morgan fingerprint density at radius 3 is 2.71 bits per heavy atom. The highest BCUT2D eigenvalue weighted by atomic mass is 35.5. The molecule has 164 valence electrons. The number of ether oxygens (including phenoxy) is 1. The summed E-state index contributed by atoms with van der Waals surface area (Å²) in [5, 5.41) is 8.05. The Balaban J connectivity index is 1.60. The summed E-state index contributed by atoms with van der Waals surface area (Å²) < 4.78 is 32.6. The van der Waals surface area contributed by atoms with Crippen molar-refractivity contribution < 1.29 is 17.9 Å². The molecule has 2 heterocycles. The number of hydrazone groups is 1. The second-order valence-corrected chi connectivity index (χ2v) is 10.4.